The first kappa shape index (κ1) is 21.4. The Morgan fingerprint density at radius 2 is 1.79 bits per heavy atom. The van der Waals surface area contributed by atoms with E-state index in [0.29, 0.717) is 24.8 Å². The Balaban J connectivity index is 1.33. The minimum absolute atomic E-state index is 0.0214. The molecular weight excluding hydrogens is 428 g/mol. The number of nitrogens with zero attached hydrogens (tertiary/aromatic N) is 5. The highest BCUT2D eigenvalue weighted by molar-refractivity contribution is 5.93. The molecule has 0 aliphatic carbocycles. The van der Waals surface area contributed by atoms with Gasteiger partial charge in [-0.1, -0.05) is 24.8 Å². The number of piperazine rings is 1. The van der Waals surface area contributed by atoms with Crippen LogP contribution in [0.5, 0.6) is 11.6 Å². The van der Waals surface area contributed by atoms with Gasteiger partial charge in [-0.15, -0.1) is 0 Å². The van der Waals surface area contributed by atoms with Gasteiger partial charge in [-0.05, 0) is 42.5 Å². The lowest BCUT2D eigenvalue weighted by atomic mass is 10.1. The monoisotopic (exact) mass is 452 g/mol. The number of pyridine rings is 1. The minimum atomic E-state index is -0.0214. The summed E-state index contributed by atoms with van der Waals surface area (Å²) in [6.45, 7) is 6.43. The van der Waals surface area contributed by atoms with Gasteiger partial charge in [0, 0.05) is 43.3 Å². The number of para-hydroxylation sites is 1. The third-order valence-electron chi connectivity index (χ3n) is 5.71. The first-order valence-electron chi connectivity index (χ1n) is 11.1. The summed E-state index contributed by atoms with van der Waals surface area (Å²) >= 11 is 0. The molecule has 0 unspecified atom stereocenters. The maximum atomic E-state index is 11.9. The number of rotatable bonds is 6. The number of amides is 1. The van der Waals surface area contributed by atoms with E-state index in [0.717, 1.165) is 41.1 Å². The van der Waals surface area contributed by atoms with Crippen molar-refractivity contribution in [3.05, 3.63) is 85.8 Å². The van der Waals surface area contributed by atoms with Crippen molar-refractivity contribution in [2.75, 3.05) is 36.4 Å². The summed E-state index contributed by atoms with van der Waals surface area (Å²) in [6.07, 6.45) is 4.63. The average Bonchev–Trinajstić information content (AvgIpc) is 2.90. The lowest BCUT2D eigenvalue weighted by Crippen LogP contribution is -2.48. The Morgan fingerprint density at radius 1 is 0.971 bits per heavy atom. The second-order valence-electron chi connectivity index (χ2n) is 7.87. The largest absolute Gasteiger partial charge is 0.439 e. The Bertz CT molecular complexity index is 1300. The fraction of sp³-hybridized carbons (Fsp3) is 0.154. The first-order valence-corrected chi connectivity index (χ1v) is 11.1. The van der Waals surface area contributed by atoms with E-state index in [1.807, 2.05) is 53.4 Å². The zero-order valence-electron chi connectivity index (χ0n) is 18.6. The van der Waals surface area contributed by atoms with Gasteiger partial charge in [-0.3, -0.25) is 4.79 Å². The summed E-state index contributed by atoms with van der Waals surface area (Å²) in [5.74, 6) is 1.93. The number of benzene rings is 2. The number of anilines is 3. The van der Waals surface area contributed by atoms with Gasteiger partial charge in [0.15, 0.2) is 0 Å². The molecule has 4 aromatic rings. The van der Waals surface area contributed by atoms with Crippen LogP contribution in [0, 0.1) is 0 Å². The van der Waals surface area contributed by atoms with Gasteiger partial charge in [-0.2, -0.15) is 0 Å². The standard InChI is InChI=1S/C26H24N6O2/c1-2-25(33)32-14-12-31(13-15-32)20-9-10-23-22(16-20)26(29-18-28-23)30-19-8-11-24(27-17-19)34-21-6-4-3-5-7-21/h2-11,16-18H,1,12-15H2,(H,28,29,30). The molecule has 0 bridgehead atoms. The van der Waals surface area contributed by atoms with Crippen molar-refractivity contribution in [1.82, 2.24) is 19.9 Å². The Morgan fingerprint density at radius 3 is 2.53 bits per heavy atom. The lowest BCUT2D eigenvalue weighted by molar-refractivity contribution is -0.126. The molecule has 170 valence electrons. The molecule has 1 N–H and O–H groups in total. The van der Waals surface area contributed by atoms with Crippen LogP contribution in [0.3, 0.4) is 0 Å². The number of ether oxygens (including phenoxy) is 1. The highest BCUT2D eigenvalue weighted by Crippen LogP contribution is 2.28. The van der Waals surface area contributed by atoms with Crippen LogP contribution in [0.25, 0.3) is 10.9 Å². The summed E-state index contributed by atoms with van der Waals surface area (Å²) < 4.78 is 5.77. The van der Waals surface area contributed by atoms with E-state index in [2.05, 4.69) is 43.9 Å². The molecular formula is C26H24N6O2. The van der Waals surface area contributed by atoms with E-state index in [-0.39, 0.29) is 5.91 Å². The van der Waals surface area contributed by atoms with Crippen molar-refractivity contribution in [1.29, 1.82) is 0 Å². The number of fused-ring (bicyclic) bond motifs is 1. The molecule has 8 nitrogen and oxygen atoms in total. The van der Waals surface area contributed by atoms with E-state index in [1.165, 1.54) is 6.08 Å². The van der Waals surface area contributed by atoms with Gasteiger partial charge >= 0.3 is 0 Å². The third-order valence-corrected chi connectivity index (χ3v) is 5.71. The molecule has 0 spiro atoms. The number of carbonyl (C=O) groups is 1. The molecule has 0 saturated carbocycles. The number of hydrogen-bond acceptors (Lipinski definition) is 7. The molecule has 34 heavy (non-hydrogen) atoms. The van der Waals surface area contributed by atoms with Crippen LogP contribution in [0.4, 0.5) is 17.2 Å². The topological polar surface area (TPSA) is 83.5 Å². The second-order valence-corrected chi connectivity index (χ2v) is 7.87. The van der Waals surface area contributed by atoms with E-state index in [9.17, 15) is 4.79 Å². The average molecular weight is 453 g/mol. The van der Waals surface area contributed by atoms with Gasteiger partial charge in [0.2, 0.25) is 11.8 Å². The van der Waals surface area contributed by atoms with Gasteiger partial charge in [0.1, 0.15) is 17.9 Å². The zero-order valence-corrected chi connectivity index (χ0v) is 18.6. The van der Waals surface area contributed by atoms with Crippen LogP contribution >= 0.6 is 0 Å². The zero-order chi connectivity index (χ0) is 23.3. The quantitative estimate of drug-likeness (QED) is 0.434. The van der Waals surface area contributed by atoms with Gasteiger partial charge in [0.25, 0.3) is 0 Å². The van der Waals surface area contributed by atoms with Crippen molar-refractivity contribution in [3.63, 3.8) is 0 Å². The van der Waals surface area contributed by atoms with E-state index in [4.69, 9.17) is 4.74 Å². The summed E-state index contributed by atoms with van der Waals surface area (Å²) in [6, 6.07) is 19.4. The SMILES string of the molecule is C=CC(=O)N1CCN(c2ccc3ncnc(Nc4ccc(Oc5ccccc5)nc4)c3c2)CC1. The Labute approximate surface area is 197 Å². The van der Waals surface area contributed by atoms with Crippen LogP contribution in [-0.4, -0.2) is 51.9 Å². The second kappa shape index (κ2) is 9.58. The fourth-order valence-corrected chi connectivity index (χ4v) is 3.92. The fourth-order valence-electron chi connectivity index (χ4n) is 3.92. The van der Waals surface area contributed by atoms with E-state index >= 15 is 0 Å². The van der Waals surface area contributed by atoms with Crippen LogP contribution in [0.1, 0.15) is 0 Å². The van der Waals surface area contributed by atoms with Gasteiger partial charge in [-0.25, -0.2) is 15.0 Å². The summed E-state index contributed by atoms with van der Waals surface area (Å²) in [5, 5.41) is 4.26. The molecule has 3 heterocycles. The normalized spacial score (nSPS) is 13.5. The molecule has 5 rings (SSSR count). The molecule has 2 aromatic heterocycles. The highest BCUT2D eigenvalue weighted by atomic mass is 16.5. The van der Waals surface area contributed by atoms with Crippen molar-refractivity contribution < 1.29 is 9.53 Å². The molecule has 1 aliphatic heterocycles. The summed E-state index contributed by atoms with van der Waals surface area (Å²) in [4.78, 5) is 29.2. The molecule has 1 fully saturated rings. The number of aromatic nitrogens is 3. The lowest BCUT2D eigenvalue weighted by Gasteiger charge is -2.35. The number of carbonyl (C=O) groups excluding carboxylic acids is 1. The van der Waals surface area contributed by atoms with E-state index in [1.54, 1.807) is 12.5 Å². The maximum Gasteiger partial charge on any atom is 0.246 e. The van der Waals surface area contributed by atoms with Crippen LogP contribution < -0.4 is 15.0 Å². The summed E-state index contributed by atoms with van der Waals surface area (Å²) in [7, 11) is 0. The molecule has 8 heteroatoms. The maximum absolute atomic E-state index is 11.9. The van der Waals surface area contributed by atoms with E-state index < -0.39 is 0 Å². The third kappa shape index (κ3) is 4.66. The van der Waals surface area contributed by atoms with Crippen LogP contribution in [0.15, 0.2) is 85.8 Å². The van der Waals surface area contributed by atoms with Crippen molar-refractivity contribution in [2.24, 2.45) is 0 Å². The first-order chi connectivity index (χ1) is 16.7. The van der Waals surface area contributed by atoms with Crippen LogP contribution in [0.2, 0.25) is 0 Å². The Hall–Kier alpha value is -4.46. The van der Waals surface area contributed by atoms with Gasteiger partial charge < -0.3 is 19.9 Å². The summed E-state index contributed by atoms with van der Waals surface area (Å²) in [5.41, 5.74) is 2.71. The van der Waals surface area contributed by atoms with Crippen LogP contribution in [-0.2, 0) is 4.79 Å². The predicted molar refractivity (Wildman–Crippen MR) is 133 cm³/mol. The number of nitrogens with one attached hydrogen (secondary N) is 1. The predicted octanol–water partition coefficient (Wildman–Crippen LogP) is 4.40. The molecule has 2 aromatic carbocycles. The van der Waals surface area contributed by atoms with Gasteiger partial charge in [0.05, 0.1) is 17.4 Å². The highest BCUT2D eigenvalue weighted by Gasteiger charge is 2.20. The Kier molecular flexibility index (Phi) is 6.03. The molecule has 0 radical (unpaired) electrons. The van der Waals surface area contributed by atoms with Crippen molar-refractivity contribution >= 4 is 34.0 Å². The molecule has 1 saturated heterocycles. The molecule has 1 amide bonds. The number of hydrogen-bond donors (Lipinski definition) is 1. The smallest absolute Gasteiger partial charge is 0.246 e. The molecule has 0 atom stereocenters. The van der Waals surface area contributed by atoms with Crippen molar-refractivity contribution in [3.8, 4) is 11.6 Å². The molecule has 1 aliphatic rings. The minimum Gasteiger partial charge on any atom is -0.439 e. The van der Waals surface area contributed by atoms with Crippen molar-refractivity contribution in [2.45, 2.75) is 0 Å².